The quantitative estimate of drug-likeness (QED) is 0.634. The van der Waals surface area contributed by atoms with Crippen molar-refractivity contribution in [2.75, 3.05) is 11.5 Å². The molecule has 0 aliphatic rings. The lowest BCUT2D eigenvalue weighted by Crippen LogP contribution is -1.96. The van der Waals surface area contributed by atoms with E-state index in [0.717, 1.165) is 12.0 Å². The fourth-order valence-electron chi connectivity index (χ4n) is 0.959. The summed E-state index contributed by atoms with van der Waals surface area (Å²) in [7, 11) is 0. The first-order valence-corrected chi connectivity index (χ1v) is 3.86. The predicted molar refractivity (Wildman–Crippen MR) is 49.7 cm³/mol. The van der Waals surface area contributed by atoms with Gasteiger partial charge in [-0.3, -0.25) is 0 Å². The molecule has 0 spiro atoms. The lowest BCUT2D eigenvalue weighted by Gasteiger charge is -2.05. The lowest BCUT2D eigenvalue weighted by molar-refractivity contribution is 1.15. The molecule has 0 bridgehead atoms. The second-order valence-electron chi connectivity index (χ2n) is 2.43. The number of hydrogen-bond acceptors (Lipinski definition) is 2. The third kappa shape index (κ3) is 1.57. The van der Waals surface area contributed by atoms with Gasteiger partial charge in [0.25, 0.3) is 0 Å². The molecule has 0 fully saturated rings. The highest BCUT2D eigenvalue weighted by molar-refractivity contribution is 6.33. The SMILES string of the molecule is CCc1cc(N)c(Cl)cc1N. The van der Waals surface area contributed by atoms with Gasteiger partial charge in [-0.25, -0.2) is 0 Å². The summed E-state index contributed by atoms with van der Waals surface area (Å²) in [6.45, 7) is 2.03. The van der Waals surface area contributed by atoms with Crippen LogP contribution in [0.4, 0.5) is 11.4 Å². The van der Waals surface area contributed by atoms with Crippen molar-refractivity contribution in [1.82, 2.24) is 0 Å². The number of benzene rings is 1. The Morgan fingerprint density at radius 2 is 1.91 bits per heavy atom. The van der Waals surface area contributed by atoms with Gasteiger partial charge in [0.05, 0.1) is 10.7 Å². The summed E-state index contributed by atoms with van der Waals surface area (Å²) in [5.41, 5.74) is 13.6. The van der Waals surface area contributed by atoms with E-state index in [1.165, 1.54) is 0 Å². The first-order chi connectivity index (χ1) is 5.15. The largest absolute Gasteiger partial charge is 0.398 e. The molecule has 0 radical (unpaired) electrons. The lowest BCUT2D eigenvalue weighted by atomic mass is 10.1. The molecule has 0 unspecified atom stereocenters. The van der Waals surface area contributed by atoms with E-state index in [4.69, 9.17) is 23.1 Å². The van der Waals surface area contributed by atoms with Crippen LogP contribution in [0, 0.1) is 0 Å². The zero-order valence-corrected chi connectivity index (χ0v) is 7.15. The molecule has 1 aromatic rings. The molecule has 1 aromatic carbocycles. The molecular weight excluding hydrogens is 160 g/mol. The molecule has 1 rings (SSSR count). The average Bonchev–Trinajstić information content (AvgIpc) is 1.97. The van der Waals surface area contributed by atoms with Crippen molar-refractivity contribution in [3.05, 3.63) is 22.7 Å². The second-order valence-corrected chi connectivity index (χ2v) is 2.83. The van der Waals surface area contributed by atoms with Gasteiger partial charge in [0.2, 0.25) is 0 Å². The van der Waals surface area contributed by atoms with Crippen LogP contribution in [-0.2, 0) is 6.42 Å². The Labute approximate surface area is 71.1 Å². The summed E-state index contributed by atoms with van der Waals surface area (Å²) in [4.78, 5) is 0. The van der Waals surface area contributed by atoms with Crippen LogP contribution in [0.1, 0.15) is 12.5 Å². The Morgan fingerprint density at radius 3 is 2.45 bits per heavy atom. The summed E-state index contributed by atoms with van der Waals surface area (Å²) < 4.78 is 0. The van der Waals surface area contributed by atoms with E-state index >= 15 is 0 Å². The van der Waals surface area contributed by atoms with Gasteiger partial charge in [-0.1, -0.05) is 18.5 Å². The molecule has 0 aromatic heterocycles. The third-order valence-electron chi connectivity index (χ3n) is 1.64. The second kappa shape index (κ2) is 3.01. The van der Waals surface area contributed by atoms with Gasteiger partial charge >= 0.3 is 0 Å². The third-order valence-corrected chi connectivity index (χ3v) is 1.97. The summed E-state index contributed by atoms with van der Waals surface area (Å²) >= 11 is 5.74. The summed E-state index contributed by atoms with van der Waals surface area (Å²) in [6.07, 6.45) is 0.882. The first-order valence-electron chi connectivity index (χ1n) is 3.48. The fourth-order valence-corrected chi connectivity index (χ4v) is 1.13. The van der Waals surface area contributed by atoms with Crippen LogP contribution in [-0.4, -0.2) is 0 Å². The van der Waals surface area contributed by atoms with Crippen LogP contribution in [0.15, 0.2) is 12.1 Å². The van der Waals surface area contributed by atoms with Gasteiger partial charge in [0.1, 0.15) is 0 Å². The topological polar surface area (TPSA) is 52.0 Å². The van der Waals surface area contributed by atoms with Crippen molar-refractivity contribution in [1.29, 1.82) is 0 Å². The Bertz CT molecular complexity index is 271. The molecule has 2 nitrogen and oxygen atoms in total. The standard InChI is InChI=1S/C8H11ClN2/c1-2-5-3-8(11)6(9)4-7(5)10/h3-4H,2,10-11H2,1H3. The molecule has 0 atom stereocenters. The smallest absolute Gasteiger partial charge is 0.0656 e. The molecule has 0 heterocycles. The van der Waals surface area contributed by atoms with E-state index in [-0.39, 0.29) is 0 Å². The van der Waals surface area contributed by atoms with Crippen molar-refractivity contribution in [2.24, 2.45) is 0 Å². The van der Waals surface area contributed by atoms with Gasteiger partial charge in [0.15, 0.2) is 0 Å². The maximum absolute atomic E-state index is 5.74. The Hall–Kier alpha value is -0.890. The Kier molecular flexibility index (Phi) is 2.25. The maximum Gasteiger partial charge on any atom is 0.0656 e. The van der Waals surface area contributed by atoms with E-state index in [1.807, 2.05) is 13.0 Å². The average molecular weight is 171 g/mol. The molecular formula is C8H11ClN2. The molecule has 4 N–H and O–H groups in total. The van der Waals surface area contributed by atoms with Crippen LogP contribution >= 0.6 is 11.6 Å². The zero-order valence-electron chi connectivity index (χ0n) is 6.39. The van der Waals surface area contributed by atoms with Gasteiger partial charge in [-0.05, 0) is 24.1 Å². The van der Waals surface area contributed by atoms with Crippen LogP contribution in [0.25, 0.3) is 0 Å². The number of rotatable bonds is 1. The van der Waals surface area contributed by atoms with Crippen LogP contribution in [0.3, 0.4) is 0 Å². The van der Waals surface area contributed by atoms with E-state index in [1.54, 1.807) is 6.07 Å². The molecule has 0 aliphatic heterocycles. The molecule has 3 heteroatoms. The monoisotopic (exact) mass is 170 g/mol. The maximum atomic E-state index is 5.74. The minimum absolute atomic E-state index is 0.528. The first kappa shape index (κ1) is 8.21. The molecule has 0 saturated heterocycles. The van der Waals surface area contributed by atoms with Crippen molar-refractivity contribution in [3.63, 3.8) is 0 Å². The van der Waals surface area contributed by atoms with E-state index in [2.05, 4.69) is 0 Å². The van der Waals surface area contributed by atoms with Gasteiger partial charge in [-0.15, -0.1) is 0 Å². The summed E-state index contributed by atoms with van der Waals surface area (Å²) in [6, 6.07) is 3.51. The number of nitrogens with two attached hydrogens (primary N) is 2. The normalized spacial score (nSPS) is 10.0. The van der Waals surface area contributed by atoms with Crippen molar-refractivity contribution in [3.8, 4) is 0 Å². The van der Waals surface area contributed by atoms with Crippen LogP contribution in [0.5, 0.6) is 0 Å². The van der Waals surface area contributed by atoms with E-state index < -0.39 is 0 Å². The Morgan fingerprint density at radius 1 is 1.27 bits per heavy atom. The number of anilines is 2. The van der Waals surface area contributed by atoms with Crippen molar-refractivity contribution < 1.29 is 0 Å². The van der Waals surface area contributed by atoms with Crippen LogP contribution in [0.2, 0.25) is 5.02 Å². The number of halogens is 1. The van der Waals surface area contributed by atoms with Gasteiger partial charge in [0, 0.05) is 5.69 Å². The zero-order chi connectivity index (χ0) is 8.43. The minimum atomic E-state index is 0.528. The highest BCUT2D eigenvalue weighted by Gasteiger charge is 2.01. The molecule has 11 heavy (non-hydrogen) atoms. The summed E-state index contributed by atoms with van der Waals surface area (Å²) in [5.74, 6) is 0. The van der Waals surface area contributed by atoms with Gasteiger partial charge in [-0.2, -0.15) is 0 Å². The highest BCUT2D eigenvalue weighted by atomic mass is 35.5. The number of hydrogen-bond donors (Lipinski definition) is 2. The summed E-state index contributed by atoms with van der Waals surface area (Å²) in [5, 5.41) is 0.528. The number of aryl methyl sites for hydroxylation is 1. The Balaban J connectivity index is 3.21. The number of nitrogen functional groups attached to an aromatic ring is 2. The molecule has 0 aliphatic carbocycles. The molecule has 60 valence electrons. The van der Waals surface area contributed by atoms with E-state index in [0.29, 0.717) is 16.4 Å². The minimum Gasteiger partial charge on any atom is -0.398 e. The van der Waals surface area contributed by atoms with Gasteiger partial charge < -0.3 is 11.5 Å². The van der Waals surface area contributed by atoms with Crippen molar-refractivity contribution >= 4 is 23.0 Å². The predicted octanol–water partition coefficient (Wildman–Crippen LogP) is 2.07. The van der Waals surface area contributed by atoms with Crippen molar-refractivity contribution in [2.45, 2.75) is 13.3 Å². The van der Waals surface area contributed by atoms with E-state index in [9.17, 15) is 0 Å². The molecule has 0 amide bonds. The fraction of sp³-hybridized carbons (Fsp3) is 0.250. The highest BCUT2D eigenvalue weighted by Crippen LogP contribution is 2.25. The van der Waals surface area contributed by atoms with Crippen LogP contribution < -0.4 is 11.5 Å². The molecule has 0 saturated carbocycles.